The van der Waals surface area contributed by atoms with Crippen LogP contribution in [-0.2, 0) is 9.53 Å². The van der Waals surface area contributed by atoms with Gasteiger partial charge in [0.25, 0.3) is 0 Å². The first kappa shape index (κ1) is 16.1. The number of rotatable bonds is 6. The minimum atomic E-state index is -0.527. The molecule has 0 unspecified atom stereocenters. The summed E-state index contributed by atoms with van der Waals surface area (Å²) in [6, 6.07) is 6.79. The van der Waals surface area contributed by atoms with Crippen molar-refractivity contribution in [3.8, 4) is 5.75 Å². The smallest absolute Gasteiger partial charge is 0.321 e. The molecule has 1 aliphatic heterocycles. The molecule has 7 heteroatoms. The van der Waals surface area contributed by atoms with E-state index < -0.39 is 11.9 Å². The molecule has 1 aliphatic rings. The number of ether oxygens (including phenoxy) is 2. The highest BCUT2D eigenvalue weighted by molar-refractivity contribution is 5.96. The van der Waals surface area contributed by atoms with Gasteiger partial charge in [-0.1, -0.05) is 6.07 Å². The number of hydrogen-bond donors (Lipinski definition) is 3. The molecule has 22 heavy (non-hydrogen) atoms. The quantitative estimate of drug-likeness (QED) is 0.733. The minimum Gasteiger partial charge on any atom is -0.491 e. The fourth-order valence-electron chi connectivity index (χ4n) is 2.08. The number of imide groups is 1. The molecule has 3 N–H and O–H groups in total. The number of anilines is 1. The van der Waals surface area contributed by atoms with Crippen molar-refractivity contribution in [3.05, 3.63) is 24.3 Å². The Bertz CT molecular complexity index is 515. The summed E-state index contributed by atoms with van der Waals surface area (Å²) in [6.07, 6.45) is 2.27. The summed E-state index contributed by atoms with van der Waals surface area (Å²) in [5.74, 6) is 0.303. The number of urea groups is 1. The maximum Gasteiger partial charge on any atom is 0.321 e. The maximum absolute atomic E-state index is 11.5. The summed E-state index contributed by atoms with van der Waals surface area (Å²) in [5.41, 5.74) is 0.747. The van der Waals surface area contributed by atoms with E-state index in [0.717, 1.165) is 25.1 Å². The highest BCUT2D eigenvalue weighted by atomic mass is 16.5. The van der Waals surface area contributed by atoms with Crippen molar-refractivity contribution < 1.29 is 19.1 Å². The Morgan fingerprint density at radius 1 is 1.41 bits per heavy atom. The zero-order valence-corrected chi connectivity index (χ0v) is 12.6. The Hall–Kier alpha value is -2.28. The van der Waals surface area contributed by atoms with Crippen LogP contribution >= 0.6 is 0 Å². The van der Waals surface area contributed by atoms with Crippen molar-refractivity contribution >= 4 is 17.6 Å². The lowest BCUT2D eigenvalue weighted by atomic mass is 10.2. The van der Waals surface area contributed by atoms with Crippen LogP contribution in [0.5, 0.6) is 5.75 Å². The predicted octanol–water partition coefficient (Wildman–Crippen LogP) is 1.11. The highest BCUT2D eigenvalue weighted by Gasteiger charge is 2.16. The molecule has 0 aromatic heterocycles. The van der Waals surface area contributed by atoms with Crippen LogP contribution in [0.2, 0.25) is 0 Å². The van der Waals surface area contributed by atoms with E-state index in [1.54, 1.807) is 0 Å². The largest absolute Gasteiger partial charge is 0.491 e. The van der Waals surface area contributed by atoms with Crippen molar-refractivity contribution in [2.45, 2.75) is 18.9 Å². The molecule has 1 saturated heterocycles. The number of amides is 3. The average molecular weight is 307 g/mol. The van der Waals surface area contributed by atoms with Crippen LogP contribution < -0.4 is 20.7 Å². The predicted molar refractivity (Wildman–Crippen MR) is 82.0 cm³/mol. The van der Waals surface area contributed by atoms with Gasteiger partial charge in [0.05, 0.1) is 12.6 Å². The first-order chi connectivity index (χ1) is 10.7. The molecular weight excluding hydrogens is 286 g/mol. The van der Waals surface area contributed by atoms with Crippen LogP contribution in [0, 0.1) is 0 Å². The molecule has 0 saturated carbocycles. The molecule has 1 aromatic carbocycles. The van der Waals surface area contributed by atoms with Gasteiger partial charge < -0.3 is 20.1 Å². The lowest BCUT2D eigenvalue weighted by Crippen LogP contribution is -2.40. The molecule has 1 heterocycles. The van der Waals surface area contributed by atoms with Gasteiger partial charge in [-0.05, 0) is 25.0 Å². The molecule has 0 spiro atoms. The molecular formula is C15H21N3O4. The summed E-state index contributed by atoms with van der Waals surface area (Å²) < 4.78 is 11.2. The van der Waals surface area contributed by atoms with Crippen molar-refractivity contribution in [2.24, 2.45) is 0 Å². The number of nitrogens with one attached hydrogen (secondary N) is 3. The van der Waals surface area contributed by atoms with E-state index in [2.05, 4.69) is 16.0 Å². The van der Waals surface area contributed by atoms with Crippen molar-refractivity contribution in [1.29, 1.82) is 0 Å². The third kappa shape index (κ3) is 5.25. The average Bonchev–Trinajstić information content (AvgIpc) is 3.05. The molecule has 0 aliphatic carbocycles. The Morgan fingerprint density at radius 2 is 2.27 bits per heavy atom. The van der Waals surface area contributed by atoms with Gasteiger partial charge in [0.15, 0.2) is 0 Å². The van der Waals surface area contributed by atoms with Gasteiger partial charge in [-0.25, -0.2) is 4.79 Å². The van der Waals surface area contributed by atoms with Crippen LogP contribution in [0.4, 0.5) is 10.5 Å². The summed E-state index contributed by atoms with van der Waals surface area (Å²) in [6.45, 7) is 1.33. The van der Waals surface area contributed by atoms with E-state index in [1.807, 2.05) is 24.3 Å². The maximum atomic E-state index is 11.5. The first-order valence-electron chi connectivity index (χ1n) is 7.27. The van der Waals surface area contributed by atoms with Gasteiger partial charge in [-0.3, -0.25) is 10.1 Å². The molecule has 2 rings (SSSR count). The molecule has 7 nitrogen and oxygen atoms in total. The van der Waals surface area contributed by atoms with Crippen LogP contribution in [0.3, 0.4) is 0 Å². The van der Waals surface area contributed by atoms with Gasteiger partial charge in [-0.2, -0.15) is 0 Å². The molecule has 1 fully saturated rings. The third-order valence-electron chi connectivity index (χ3n) is 3.23. The highest BCUT2D eigenvalue weighted by Crippen LogP contribution is 2.19. The van der Waals surface area contributed by atoms with Crippen molar-refractivity contribution in [1.82, 2.24) is 10.6 Å². The van der Waals surface area contributed by atoms with E-state index in [0.29, 0.717) is 12.4 Å². The fourth-order valence-corrected chi connectivity index (χ4v) is 2.08. The molecule has 0 bridgehead atoms. The molecule has 0 radical (unpaired) electrons. The summed E-state index contributed by atoms with van der Waals surface area (Å²) >= 11 is 0. The van der Waals surface area contributed by atoms with Crippen molar-refractivity contribution in [3.63, 3.8) is 0 Å². The van der Waals surface area contributed by atoms with E-state index in [9.17, 15) is 9.59 Å². The van der Waals surface area contributed by atoms with Gasteiger partial charge in [-0.15, -0.1) is 0 Å². The topological polar surface area (TPSA) is 88.7 Å². The minimum absolute atomic E-state index is 0.00259. The number of carbonyl (C=O) groups is 2. The Balaban J connectivity index is 1.77. The monoisotopic (exact) mass is 307 g/mol. The Morgan fingerprint density at radius 3 is 3.00 bits per heavy atom. The summed E-state index contributed by atoms with van der Waals surface area (Å²) in [7, 11) is 1.45. The van der Waals surface area contributed by atoms with Gasteiger partial charge in [0.2, 0.25) is 5.91 Å². The molecule has 1 aromatic rings. The van der Waals surface area contributed by atoms with Crippen LogP contribution in [0.1, 0.15) is 12.8 Å². The van der Waals surface area contributed by atoms with Crippen LogP contribution in [0.25, 0.3) is 0 Å². The van der Waals surface area contributed by atoms with E-state index in [1.165, 1.54) is 7.05 Å². The molecule has 120 valence electrons. The second-order valence-electron chi connectivity index (χ2n) is 4.95. The van der Waals surface area contributed by atoms with Gasteiger partial charge in [0.1, 0.15) is 12.4 Å². The van der Waals surface area contributed by atoms with Crippen LogP contribution in [-0.4, -0.2) is 44.8 Å². The second-order valence-corrected chi connectivity index (χ2v) is 4.95. The summed E-state index contributed by atoms with van der Waals surface area (Å²) in [5, 5.41) is 7.43. The fraction of sp³-hybridized carbons (Fsp3) is 0.467. The normalized spacial score (nSPS) is 16.9. The molecule has 3 amide bonds. The number of hydrogen-bond acceptors (Lipinski definition) is 5. The zero-order valence-electron chi connectivity index (χ0n) is 12.6. The lowest BCUT2D eigenvalue weighted by molar-refractivity contribution is -0.118. The van der Waals surface area contributed by atoms with E-state index >= 15 is 0 Å². The van der Waals surface area contributed by atoms with E-state index in [-0.39, 0.29) is 12.6 Å². The first-order valence-corrected chi connectivity index (χ1v) is 7.27. The number of benzene rings is 1. The Labute approximate surface area is 129 Å². The second kappa shape index (κ2) is 8.23. The lowest BCUT2D eigenvalue weighted by Gasteiger charge is -2.13. The Kier molecular flexibility index (Phi) is 6.02. The van der Waals surface area contributed by atoms with E-state index in [4.69, 9.17) is 9.47 Å². The standard InChI is InChI=1S/C15H21N3O4/c1-16-15(20)18-14(19)9-17-11-4-2-5-12(8-11)22-10-13-6-3-7-21-13/h2,4-5,8,13,17H,3,6-7,9-10H2,1H3,(H2,16,18,19,20)/t13-/m1/s1. The molecule has 1 atom stereocenters. The third-order valence-corrected chi connectivity index (χ3v) is 3.23. The van der Waals surface area contributed by atoms with Gasteiger partial charge in [0, 0.05) is 25.4 Å². The SMILES string of the molecule is CNC(=O)NC(=O)CNc1cccc(OC[C@H]2CCCO2)c1. The summed E-state index contributed by atoms with van der Waals surface area (Å²) in [4.78, 5) is 22.5. The number of carbonyl (C=O) groups excluding carboxylic acids is 2. The zero-order chi connectivity index (χ0) is 15.8. The van der Waals surface area contributed by atoms with Crippen LogP contribution in [0.15, 0.2) is 24.3 Å². The van der Waals surface area contributed by atoms with Gasteiger partial charge >= 0.3 is 6.03 Å². The van der Waals surface area contributed by atoms with Crippen molar-refractivity contribution in [2.75, 3.05) is 32.1 Å².